The van der Waals surface area contributed by atoms with Crippen molar-refractivity contribution < 1.29 is 4.79 Å². The van der Waals surface area contributed by atoms with Crippen LogP contribution in [0.5, 0.6) is 0 Å². The van der Waals surface area contributed by atoms with Gasteiger partial charge in [-0.3, -0.25) is 4.79 Å². The zero-order valence-corrected chi connectivity index (χ0v) is 13.0. The van der Waals surface area contributed by atoms with Crippen molar-refractivity contribution >= 4 is 11.6 Å². The van der Waals surface area contributed by atoms with Gasteiger partial charge in [-0.2, -0.15) is 0 Å². The molecule has 0 aromatic heterocycles. The lowest BCUT2D eigenvalue weighted by Gasteiger charge is -2.39. The summed E-state index contributed by atoms with van der Waals surface area (Å²) in [5.74, 6) is 0.0398. The maximum absolute atomic E-state index is 12.6. The Morgan fingerprint density at radius 3 is 2.70 bits per heavy atom. The molecule has 1 fully saturated rings. The van der Waals surface area contributed by atoms with Gasteiger partial charge in [-0.25, -0.2) is 0 Å². The highest BCUT2D eigenvalue weighted by molar-refractivity contribution is 6.00. The molecule has 1 aliphatic carbocycles. The maximum Gasteiger partial charge on any atom is 0.253 e. The number of benzene rings is 1. The number of rotatable bonds is 3. The predicted octanol–water partition coefficient (Wildman–Crippen LogP) is 3.74. The Bertz CT molecular complexity index is 494. The highest BCUT2D eigenvalue weighted by atomic mass is 16.1. The molecule has 20 heavy (non-hydrogen) atoms. The lowest BCUT2D eigenvalue weighted by atomic mass is 9.73. The second-order valence-electron chi connectivity index (χ2n) is 6.56. The molecule has 1 aromatic rings. The molecule has 3 heteroatoms. The summed E-state index contributed by atoms with van der Waals surface area (Å²) >= 11 is 0. The Labute approximate surface area is 122 Å². The molecular formula is C17H26N2O. The summed E-state index contributed by atoms with van der Waals surface area (Å²) in [5.41, 5.74) is 2.94. The van der Waals surface area contributed by atoms with Gasteiger partial charge in [0, 0.05) is 18.8 Å². The van der Waals surface area contributed by atoms with E-state index in [0.29, 0.717) is 0 Å². The molecule has 2 N–H and O–H groups in total. The molecule has 110 valence electrons. The summed E-state index contributed by atoms with van der Waals surface area (Å²) in [4.78, 5) is 12.6. The van der Waals surface area contributed by atoms with E-state index >= 15 is 0 Å². The van der Waals surface area contributed by atoms with Gasteiger partial charge in [-0.05, 0) is 37.3 Å². The van der Waals surface area contributed by atoms with E-state index in [4.69, 9.17) is 0 Å². The van der Waals surface area contributed by atoms with Crippen LogP contribution in [-0.4, -0.2) is 19.0 Å². The number of hydrogen-bond donors (Lipinski definition) is 2. The predicted molar refractivity (Wildman–Crippen MR) is 84.2 cm³/mol. The zero-order valence-electron chi connectivity index (χ0n) is 13.0. The lowest BCUT2D eigenvalue weighted by molar-refractivity contribution is 0.0854. The van der Waals surface area contributed by atoms with E-state index in [2.05, 4.69) is 24.5 Å². The standard InChI is InChI=1S/C17H26N2O/c1-12-8-9-14(18-4)13(11-12)16(20)19-15-7-5-6-10-17(15,2)3/h8-9,11,15,18H,5-7,10H2,1-4H3,(H,19,20). The summed E-state index contributed by atoms with van der Waals surface area (Å²) in [6.45, 7) is 6.53. The van der Waals surface area contributed by atoms with Crippen LogP contribution in [0.1, 0.15) is 55.5 Å². The van der Waals surface area contributed by atoms with Gasteiger partial charge in [0.1, 0.15) is 0 Å². The first-order chi connectivity index (χ1) is 9.44. The van der Waals surface area contributed by atoms with E-state index in [0.717, 1.165) is 23.2 Å². The fraction of sp³-hybridized carbons (Fsp3) is 0.588. The van der Waals surface area contributed by atoms with E-state index in [-0.39, 0.29) is 17.4 Å². The summed E-state index contributed by atoms with van der Waals surface area (Å²) in [5, 5.41) is 6.35. The van der Waals surface area contributed by atoms with Crippen molar-refractivity contribution in [2.75, 3.05) is 12.4 Å². The van der Waals surface area contributed by atoms with Crippen LogP contribution in [0.4, 0.5) is 5.69 Å². The van der Waals surface area contributed by atoms with Crippen LogP contribution in [0.3, 0.4) is 0 Å². The Balaban J connectivity index is 2.17. The molecule has 1 atom stereocenters. The van der Waals surface area contributed by atoms with Crippen molar-refractivity contribution in [2.45, 2.75) is 52.5 Å². The Kier molecular flexibility index (Phi) is 4.36. The first kappa shape index (κ1) is 14.9. The largest absolute Gasteiger partial charge is 0.387 e. The van der Waals surface area contributed by atoms with E-state index in [9.17, 15) is 4.79 Å². The van der Waals surface area contributed by atoms with Crippen molar-refractivity contribution in [3.63, 3.8) is 0 Å². The molecule has 1 aliphatic rings. The van der Waals surface area contributed by atoms with Crippen LogP contribution in [0, 0.1) is 12.3 Å². The van der Waals surface area contributed by atoms with Gasteiger partial charge >= 0.3 is 0 Å². The summed E-state index contributed by atoms with van der Waals surface area (Å²) in [6.07, 6.45) is 4.75. The molecule has 0 saturated heterocycles. The van der Waals surface area contributed by atoms with E-state index in [1.54, 1.807) is 0 Å². The quantitative estimate of drug-likeness (QED) is 0.881. The lowest BCUT2D eigenvalue weighted by Crippen LogP contribution is -2.46. The maximum atomic E-state index is 12.6. The molecular weight excluding hydrogens is 248 g/mol. The third kappa shape index (κ3) is 3.14. The van der Waals surface area contributed by atoms with Crippen molar-refractivity contribution in [3.05, 3.63) is 29.3 Å². The van der Waals surface area contributed by atoms with Crippen LogP contribution in [0.15, 0.2) is 18.2 Å². The number of anilines is 1. The minimum Gasteiger partial charge on any atom is -0.387 e. The summed E-state index contributed by atoms with van der Waals surface area (Å²) in [6, 6.07) is 6.22. The highest BCUT2D eigenvalue weighted by Crippen LogP contribution is 2.35. The smallest absolute Gasteiger partial charge is 0.253 e. The first-order valence-electron chi connectivity index (χ1n) is 7.53. The van der Waals surface area contributed by atoms with Crippen molar-refractivity contribution in [3.8, 4) is 0 Å². The average Bonchev–Trinajstić information content (AvgIpc) is 2.41. The van der Waals surface area contributed by atoms with Crippen LogP contribution in [0.25, 0.3) is 0 Å². The molecule has 1 aromatic carbocycles. The number of nitrogens with one attached hydrogen (secondary N) is 2. The van der Waals surface area contributed by atoms with Crippen molar-refractivity contribution in [1.29, 1.82) is 0 Å². The molecule has 0 spiro atoms. The van der Waals surface area contributed by atoms with E-state index in [1.165, 1.54) is 19.3 Å². The fourth-order valence-corrected chi connectivity index (χ4v) is 3.06. The second kappa shape index (κ2) is 5.86. The van der Waals surface area contributed by atoms with Gasteiger partial charge in [0.2, 0.25) is 0 Å². The molecule has 2 rings (SSSR count). The van der Waals surface area contributed by atoms with E-state index < -0.39 is 0 Å². The van der Waals surface area contributed by atoms with Gasteiger partial charge in [0.15, 0.2) is 0 Å². The monoisotopic (exact) mass is 274 g/mol. The first-order valence-corrected chi connectivity index (χ1v) is 7.53. The number of carbonyl (C=O) groups is 1. The molecule has 1 saturated carbocycles. The van der Waals surface area contributed by atoms with Crippen molar-refractivity contribution in [1.82, 2.24) is 5.32 Å². The number of hydrogen-bond acceptors (Lipinski definition) is 2. The molecule has 1 unspecified atom stereocenters. The average molecular weight is 274 g/mol. The van der Waals surface area contributed by atoms with Gasteiger partial charge in [-0.15, -0.1) is 0 Å². The normalized spacial score (nSPS) is 21.3. The Morgan fingerprint density at radius 1 is 1.30 bits per heavy atom. The topological polar surface area (TPSA) is 41.1 Å². The molecule has 0 bridgehead atoms. The number of carbonyl (C=O) groups excluding carboxylic acids is 1. The number of aryl methyl sites for hydroxylation is 1. The van der Waals surface area contributed by atoms with Crippen LogP contribution >= 0.6 is 0 Å². The van der Waals surface area contributed by atoms with Crippen LogP contribution in [-0.2, 0) is 0 Å². The Morgan fingerprint density at radius 2 is 2.05 bits per heavy atom. The summed E-state index contributed by atoms with van der Waals surface area (Å²) < 4.78 is 0. The third-order valence-electron chi connectivity index (χ3n) is 4.50. The molecule has 1 amide bonds. The molecule has 0 radical (unpaired) electrons. The molecule has 0 aliphatic heterocycles. The highest BCUT2D eigenvalue weighted by Gasteiger charge is 2.33. The van der Waals surface area contributed by atoms with E-state index in [1.807, 2.05) is 32.2 Å². The van der Waals surface area contributed by atoms with Crippen LogP contribution < -0.4 is 10.6 Å². The summed E-state index contributed by atoms with van der Waals surface area (Å²) in [7, 11) is 1.85. The van der Waals surface area contributed by atoms with Crippen molar-refractivity contribution in [2.24, 2.45) is 5.41 Å². The minimum atomic E-state index is 0.0398. The van der Waals surface area contributed by atoms with Gasteiger partial charge < -0.3 is 10.6 Å². The zero-order chi connectivity index (χ0) is 14.8. The van der Waals surface area contributed by atoms with Gasteiger partial charge in [-0.1, -0.05) is 38.3 Å². The third-order valence-corrected chi connectivity index (χ3v) is 4.50. The SMILES string of the molecule is CNc1ccc(C)cc1C(=O)NC1CCCCC1(C)C. The van der Waals surface area contributed by atoms with Gasteiger partial charge in [0.25, 0.3) is 5.91 Å². The Hall–Kier alpha value is -1.51. The molecule has 0 heterocycles. The van der Waals surface area contributed by atoms with Crippen LogP contribution in [0.2, 0.25) is 0 Å². The minimum absolute atomic E-state index is 0.0398. The molecule has 3 nitrogen and oxygen atoms in total. The second-order valence-corrected chi connectivity index (χ2v) is 6.56. The number of amides is 1. The fourth-order valence-electron chi connectivity index (χ4n) is 3.06. The van der Waals surface area contributed by atoms with Gasteiger partial charge in [0.05, 0.1) is 5.56 Å².